The fourth-order valence-corrected chi connectivity index (χ4v) is 6.67. The Labute approximate surface area is 132 Å². The first-order valence-electron chi connectivity index (χ1n) is 8.33. The zero-order valence-corrected chi connectivity index (χ0v) is 13.5. The molecule has 4 fully saturated rings. The predicted molar refractivity (Wildman–Crippen MR) is 85.5 cm³/mol. The minimum Gasteiger partial charge on any atom is -0.390 e. The lowest BCUT2D eigenvalue weighted by Gasteiger charge is -2.68. The molecule has 1 aromatic rings. The third-order valence-corrected chi connectivity index (χ3v) is 5.98. The van der Waals surface area contributed by atoms with E-state index in [0.29, 0.717) is 12.0 Å². The number of hydrogen-bond acceptors (Lipinski definition) is 2. The molecule has 0 saturated heterocycles. The fourth-order valence-electron chi connectivity index (χ4n) is 6.67. The highest BCUT2D eigenvalue weighted by atomic mass is 16.3. The number of rotatable bonds is 2. The van der Waals surface area contributed by atoms with E-state index in [1.54, 1.807) is 0 Å². The highest BCUT2D eigenvalue weighted by molar-refractivity contribution is 5.94. The van der Waals surface area contributed by atoms with Crippen molar-refractivity contribution >= 4 is 5.91 Å². The molecule has 4 atom stereocenters. The molecule has 0 radical (unpaired) electrons. The molecule has 4 aliphatic carbocycles. The molecule has 22 heavy (non-hydrogen) atoms. The van der Waals surface area contributed by atoms with Crippen LogP contribution in [0.15, 0.2) is 30.3 Å². The number of hydrogen-bond donors (Lipinski definition) is 2. The number of carbonyl (C=O) groups excluding carboxylic acids is 1. The van der Waals surface area contributed by atoms with E-state index in [4.69, 9.17) is 0 Å². The zero-order chi connectivity index (χ0) is 15.6. The summed E-state index contributed by atoms with van der Waals surface area (Å²) in [5.41, 5.74) is 0.188. The number of carbonyl (C=O) groups is 1. The summed E-state index contributed by atoms with van der Waals surface area (Å²) < 4.78 is 0. The van der Waals surface area contributed by atoms with Crippen molar-refractivity contribution in [1.29, 1.82) is 0 Å². The fraction of sp³-hybridized carbons (Fsp3) is 0.632. The lowest BCUT2D eigenvalue weighted by Crippen LogP contribution is -2.70. The minimum atomic E-state index is -0.595. The van der Waals surface area contributed by atoms with Crippen LogP contribution in [0, 0.1) is 10.8 Å². The van der Waals surface area contributed by atoms with Gasteiger partial charge in [-0.2, -0.15) is 0 Å². The van der Waals surface area contributed by atoms with Gasteiger partial charge in [0.15, 0.2) is 0 Å². The maximum absolute atomic E-state index is 12.6. The Bertz CT molecular complexity index is 570. The van der Waals surface area contributed by atoms with E-state index >= 15 is 0 Å². The quantitative estimate of drug-likeness (QED) is 0.880. The highest BCUT2D eigenvalue weighted by Gasteiger charge is 2.65. The van der Waals surface area contributed by atoms with Crippen LogP contribution in [0.5, 0.6) is 0 Å². The molecule has 1 amide bonds. The normalized spacial score (nSPS) is 45.8. The van der Waals surface area contributed by atoms with Gasteiger partial charge in [-0.15, -0.1) is 0 Å². The van der Waals surface area contributed by atoms with Gasteiger partial charge in [-0.1, -0.05) is 32.0 Å². The largest absolute Gasteiger partial charge is 0.390 e. The Morgan fingerprint density at radius 1 is 0.955 bits per heavy atom. The zero-order valence-electron chi connectivity index (χ0n) is 13.5. The summed E-state index contributed by atoms with van der Waals surface area (Å²) >= 11 is 0. The molecule has 3 nitrogen and oxygen atoms in total. The molecular weight excluding hydrogens is 274 g/mol. The molecular formula is C19H25NO2. The standard InChI is InChI=1S/C19H25NO2/c1-16-8-17(2)10-18(9-16,13-19(22,11-16)12-17)20-15(21)14-6-4-3-5-7-14/h3-7,22H,8-13H2,1-2H3,(H,20,21)/t16-,17+,18?,19?. The maximum atomic E-state index is 12.6. The van der Waals surface area contributed by atoms with E-state index in [9.17, 15) is 9.90 Å². The van der Waals surface area contributed by atoms with Crippen LogP contribution in [-0.2, 0) is 0 Å². The Balaban J connectivity index is 1.65. The van der Waals surface area contributed by atoms with Crippen LogP contribution in [0.25, 0.3) is 0 Å². The average molecular weight is 299 g/mol. The summed E-state index contributed by atoms with van der Waals surface area (Å²) in [5.74, 6) is -0.00153. The third kappa shape index (κ3) is 2.18. The Morgan fingerprint density at radius 2 is 1.55 bits per heavy atom. The van der Waals surface area contributed by atoms with Gasteiger partial charge >= 0.3 is 0 Å². The summed E-state index contributed by atoms with van der Waals surface area (Å²) in [6.07, 6.45) is 5.65. The molecule has 0 aromatic heterocycles. The molecule has 4 aliphatic rings. The molecule has 3 heteroatoms. The number of benzene rings is 1. The number of aliphatic hydroxyl groups is 1. The van der Waals surface area contributed by atoms with Crippen molar-refractivity contribution in [3.8, 4) is 0 Å². The second-order valence-electron chi connectivity index (χ2n) is 9.01. The first kappa shape index (κ1) is 14.3. The second-order valence-corrected chi connectivity index (χ2v) is 9.01. The molecule has 4 saturated carbocycles. The number of amides is 1. The average Bonchev–Trinajstić information content (AvgIpc) is 2.33. The lowest BCUT2D eigenvalue weighted by molar-refractivity contribution is -0.202. The van der Waals surface area contributed by atoms with E-state index in [1.165, 1.54) is 6.42 Å². The Hall–Kier alpha value is -1.35. The van der Waals surface area contributed by atoms with Gasteiger partial charge in [0.05, 0.1) is 5.60 Å². The predicted octanol–water partition coefficient (Wildman–Crippen LogP) is 3.28. The smallest absolute Gasteiger partial charge is 0.251 e. The molecule has 1 aromatic carbocycles. The van der Waals surface area contributed by atoms with Crippen LogP contribution < -0.4 is 5.32 Å². The van der Waals surface area contributed by atoms with Crippen LogP contribution in [0.4, 0.5) is 0 Å². The van der Waals surface area contributed by atoms with Crippen molar-refractivity contribution in [2.75, 3.05) is 0 Å². The molecule has 5 rings (SSSR count). The van der Waals surface area contributed by atoms with Crippen molar-refractivity contribution in [3.63, 3.8) is 0 Å². The summed E-state index contributed by atoms with van der Waals surface area (Å²) in [6, 6.07) is 9.42. The van der Waals surface area contributed by atoms with Gasteiger partial charge in [0.2, 0.25) is 0 Å². The third-order valence-electron chi connectivity index (χ3n) is 5.98. The molecule has 0 spiro atoms. The summed E-state index contributed by atoms with van der Waals surface area (Å²) in [7, 11) is 0. The first-order chi connectivity index (χ1) is 10.2. The van der Waals surface area contributed by atoms with Gasteiger partial charge in [0, 0.05) is 11.1 Å². The summed E-state index contributed by atoms with van der Waals surface area (Å²) in [4.78, 5) is 12.6. The first-order valence-corrected chi connectivity index (χ1v) is 8.33. The van der Waals surface area contributed by atoms with E-state index < -0.39 is 5.60 Å². The van der Waals surface area contributed by atoms with E-state index in [1.807, 2.05) is 30.3 Å². The molecule has 2 unspecified atom stereocenters. The lowest BCUT2D eigenvalue weighted by atomic mass is 9.41. The molecule has 0 aliphatic heterocycles. The van der Waals surface area contributed by atoms with Crippen LogP contribution in [-0.4, -0.2) is 22.2 Å². The molecule has 118 valence electrons. The number of nitrogens with one attached hydrogen (secondary N) is 1. The molecule has 2 N–H and O–H groups in total. The van der Waals surface area contributed by atoms with Crippen LogP contribution >= 0.6 is 0 Å². The van der Waals surface area contributed by atoms with Gasteiger partial charge in [-0.05, 0) is 61.5 Å². The van der Waals surface area contributed by atoms with Crippen molar-refractivity contribution < 1.29 is 9.90 Å². The van der Waals surface area contributed by atoms with Gasteiger partial charge in [0.1, 0.15) is 0 Å². The van der Waals surface area contributed by atoms with Crippen molar-refractivity contribution in [3.05, 3.63) is 35.9 Å². The van der Waals surface area contributed by atoms with Gasteiger partial charge in [0.25, 0.3) is 5.91 Å². The summed E-state index contributed by atoms with van der Waals surface area (Å²) in [5, 5.41) is 14.3. The van der Waals surface area contributed by atoms with Gasteiger partial charge in [-0.3, -0.25) is 4.79 Å². The topological polar surface area (TPSA) is 49.3 Å². The van der Waals surface area contributed by atoms with E-state index in [2.05, 4.69) is 19.2 Å². The Morgan fingerprint density at radius 3 is 2.09 bits per heavy atom. The van der Waals surface area contributed by atoms with E-state index in [0.717, 1.165) is 25.7 Å². The molecule has 4 bridgehead atoms. The van der Waals surface area contributed by atoms with Gasteiger partial charge < -0.3 is 10.4 Å². The second kappa shape index (κ2) is 4.14. The Kier molecular flexibility index (Phi) is 2.68. The highest BCUT2D eigenvalue weighted by Crippen LogP contribution is 2.67. The minimum absolute atomic E-state index is 0.00153. The van der Waals surface area contributed by atoms with Crippen LogP contribution in [0.2, 0.25) is 0 Å². The SMILES string of the molecule is C[C@]12CC3(O)CC(NC(=O)c4ccccc4)(C1)C[C@@](C)(C3)C2. The van der Waals surface area contributed by atoms with Crippen LogP contribution in [0.3, 0.4) is 0 Å². The van der Waals surface area contributed by atoms with Crippen molar-refractivity contribution in [2.24, 2.45) is 10.8 Å². The van der Waals surface area contributed by atoms with Crippen molar-refractivity contribution in [2.45, 2.75) is 63.5 Å². The van der Waals surface area contributed by atoms with Crippen LogP contribution in [0.1, 0.15) is 62.7 Å². The van der Waals surface area contributed by atoms with Crippen molar-refractivity contribution in [1.82, 2.24) is 5.32 Å². The molecule has 0 heterocycles. The monoisotopic (exact) mass is 299 g/mol. The maximum Gasteiger partial charge on any atom is 0.251 e. The van der Waals surface area contributed by atoms with Gasteiger partial charge in [-0.25, -0.2) is 0 Å². The summed E-state index contributed by atoms with van der Waals surface area (Å²) in [6.45, 7) is 4.58. The van der Waals surface area contributed by atoms with E-state index in [-0.39, 0.29) is 22.3 Å².